The lowest BCUT2D eigenvalue weighted by molar-refractivity contribution is 0.754. The summed E-state index contributed by atoms with van der Waals surface area (Å²) in [6.45, 7) is 6.61. The van der Waals surface area contributed by atoms with E-state index in [0.29, 0.717) is 5.25 Å². The van der Waals surface area contributed by atoms with E-state index in [0.717, 1.165) is 43.4 Å². The maximum atomic E-state index is 4.69. The van der Waals surface area contributed by atoms with E-state index < -0.39 is 0 Å². The quantitative estimate of drug-likeness (QED) is 0.906. The molecule has 100 valence electrons. The molecule has 1 fully saturated rings. The SMILES string of the molecule is CCCc1nc(NC)cc(N2CCSC(C)C2)n1. The third-order valence-corrected chi connectivity index (χ3v) is 4.19. The van der Waals surface area contributed by atoms with Crippen molar-refractivity contribution in [3.8, 4) is 0 Å². The van der Waals surface area contributed by atoms with Crippen LogP contribution in [0.15, 0.2) is 6.07 Å². The summed E-state index contributed by atoms with van der Waals surface area (Å²) in [4.78, 5) is 11.6. The number of nitrogens with one attached hydrogen (secondary N) is 1. The number of anilines is 2. The van der Waals surface area contributed by atoms with Gasteiger partial charge < -0.3 is 10.2 Å². The van der Waals surface area contributed by atoms with Crippen LogP contribution >= 0.6 is 11.8 Å². The molecule has 18 heavy (non-hydrogen) atoms. The lowest BCUT2D eigenvalue weighted by Gasteiger charge is -2.31. The van der Waals surface area contributed by atoms with Gasteiger partial charge in [0.2, 0.25) is 0 Å². The fraction of sp³-hybridized carbons (Fsp3) is 0.692. The van der Waals surface area contributed by atoms with Crippen molar-refractivity contribution >= 4 is 23.4 Å². The van der Waals surface area contributed by atoms with E-state index in [1.165, 1.54) is 5.75 Å². The van der Waals surface area contributed by atoms with Crippen molar-refractivity contribution in [3.63, 3.8) is 0 Å². The Balaban J connectivity index is 2.22. The van der Waals surface area contributed by atoms with Gasteiger partial charge in [-0.15, -0.1) is 0 Å². The molecule has 1 atom stereocenters. The Hall–Kier alpha value is -0.970. The van der Waals surface area contributed by atoms with Crippen molar-refractivity contribution in [2.75, 3.05) is 36.1 Å². The van der Waals surface area contributed by atoms with Crippen molar-refractivity contribution in [3.05, 3.63) is 11.9 Å². The summed E-state index contributed by atoms with van der Waals surface area (Å²) in [5.74, 6) is 4.13. The highest BCUT2D eigenvalue weighted by molar-refractivity contribution is 8.00. The van der Waals surface area contributed by atoms with Gasteiger partial charge in [0.25, 0.3) is 0 Å². The summed E-state index contributed by atoms with van der Waals surface area (Å²) >= 11 is 2.04. The number of hydrogen-bond acceptors (Lipinski definition) is 5. The molecule has 1 aliphatic rings. The predicted molar refractivity (Wildman–Crippen MR) is 79.7 cm³/mol. The van der Waals surface area contributed by atoms with Crippen LogP contribution < -0.4 is 10.2 Å². The summed E-state index contributed by atoms with van der Waals surface area (Å²) in [7, 11) is 1.91. The van der Waals surface area contributed by atoms with Gasteiger partial charge in [-0.3, -0.25) is 0 Å². The molecule has 1 aromatic heterocycles. The molecule has 2 heterocycles. The van der Waals surface area contributed by atoms with Gasteiger partial charge in [0.1, 0.15) is 17.5 Å². The second-order valence-corrected chi connectivity index (χ2v) is 6.20. The lowest BCUT2D eigenvalue weighted by Crippen LogP contribution is -2.37. The Morgan fingerprint density at radius 1 is 1.50 bits per heavy atom. The topological polar surface area (TPSA) is 41.1 Å². The normalized spacial score (nSPS) is 19.9. The number of aryl methyl sites for hydroxylation is 1. The Labute approximate surface area is 114 Å². The lowest BCUT2D eigenvalue weighted by atomic mass is 10.3. The molecule has 1 unspecified atom stereocenters. The Morgan fingerprint density at radius 2 is 2.33 bits per heavy atom. The minimum absolute atomic E-state index is 0.682. The third kappa shape index (κ3) is 3.28. The van der Waals surface area contributed by atoms with Gasteiger partial charge >= 0.3 is 0 Å². The standard InChI is InChI=1S/C13H22N4S/c1-4-5-11-15-12(14-3)8-13(16-11)17-6-7-18-10(2)9-17/h8,10H,4-7,9H2,1-3H3,(H,14,15,16). The average Bonchev–Trinajstić information content (AvgIpc) is 2.39. The highest BCUT2D eigenvalue weighted by Crippen LogP contribution is 2.24. The number of hydrogen-bond donors (Lipinski definition) is 1. The number of aromatic nitrogens is 2. The van der Waals surface area contributed by atoms with Crippen LogP contribution in [-0.4, -0.2) is 41.1 Å². The van der Waals surface area contributed by atoms with Gasteiger partial charge in [-0.2, -0.15) is 11.8 Å². The van der Waals surface area contributed by atoms with Gasteiger partial charge in [0.05, 0.1) is 0 Å². The van der Waals surface area contributed by atoms with Crippen LogP contribution in [0, 0.1) is 0 Å². The zero-order valence-electron chi connectivity index (χ0n) is 11.4. The van der Waals surface area contributed by atoms with Crippen LogP contribution in [0.25, 0.3) is 0 Å². The van der Waals surface area contributed by atoms with Gasteiger partial charge in [0.15, 0.2) is 0 Å². The Kier molecular flexibility index (Phi) is 4.69. The first-order valence-corrected chi connectivity index (χ1v) is 7.70. The van der Waals surface area contributed by atoms with Crippen LogP contribution in [0.4, 0.5) is 11.6 Å². The molecule has 1 saturated heterocycles. The molecule has 0 bridgehead atoms. The second kappa shape index (κ2) is 6.27. The molecule has 4 nitrogen and oxygen atoms in total. The predicted octanol–water partition coefficient (Wildman–Crippen LogP) is 2.41. The fourth-order valence-electron chi connectivity index (χ4n) is 2.14. The Morgan fingerprint density at radius 3 is 3.00 bits per heavy atom. The van der Waals surface area contributed by atoms with E-state index in [1.54, 1.807) is 0 Å². The molecule has 0 saturated carbocycles. The summed E-state index contributed by atoms with van der Waals surface area (Å²) in [6, 6.07) is 2.06. The van der Waals surface area contributed by atoms with E-state index >= 15 is 0 Å². The molecule has 0 amide bonds. The molecule has 2 rings (SSSR count). The minimum Gasteiger partial charge on any atom is -0.373 e. The van der Waals surface area contributed by atoms with Crippen LogP contribution in [0.5, 0.6) is 0 Å². The summed E-state index contributed by atoms with van der Waals surface area (Å²) in [5.41, 5.74) is 0. The summed E-state index contributed by atoms with van der Waals surface area (Å²) in [5, 5.41) is 3.82. The minimum atomic E-state index is 0.682. The zero-order chi connectivity index (χ0) is 13.0. The smallest absolute Gasteiger partial charge is 0.134 e. The van der Waals surface area contributed by atoms with Crippen molar-refractivity contribution in [2.24, 2.45) is 0 Å². The van der Waals surface area contributed by atoms with E-state index in [4.69, 9.17) is 4.98 Å². The van der Waals surface area contributed by atoms with Crippen LogP contribution in [0.1, 0.15) is 26.1 Å². The molecule has 1 aromatic rings. The van der Waals surface area contributed by atoms with E-state index in [-0.39, 0.29) is 0 Å². The first kappa shape index (κ1) is 13.5. The van der Waals surface area contributed by atoms with Gasteiger partial charge in [0, 0.05) is 43.6 Å². The van der Waals surface area contributed by atoms with Gasteiger partial charge in [-0.1, -0.05) is 13.8 Å². The third-order valence-electron chi connectivity index (χ3n) is 3.05. The first-order chi connectivity index (χ1) is 8.72. The number of nitrogens with zero attached hydrogens (tertiary/aromatic N) is 3. The second-order valence-electron chi connectivity index (χ2n) is 4.66. The van der Waals surface area contributed by atoms with Gasteiger partial charge in [-0.25, -0.2) is 9.97 Å². The van der Waals surface area contributed by atoms with E-state index in [9.17, 15) is 0 Å². The average molecular weight is 266 g/mol. The molecule has 0 aromatic carbocycles. The van der Waals surface area contributed by atoms with Crippen LogP contribution in [0.3, 0.4) is 0 Å². The number of rotatable bonds is 4. The molecule has 0 spiro atoms. The van der Waals surface area contributed by atoms with Crippen LogP contribution in [0.2, 0.25) is 0 Å². The van der Waals surface area contributed by atoms with E-state index in [2.05, 4.69) is 35.1 Å². The highest BCUT2D eigenvalue weighted by Gasteiger charge is 2.19. The van der Waals surface area contributed by atoms with Crippen LogP contribution in [-0.2, 0) is 6.42 Å². The van der Waals surface area contributed by atoms with E-state index in [1.807, 2.05) is 18.8 Å². The molecule has 0 aliphatic carbocycles. The molecule has 1 aliphatic heterocycles. The van der Waals surface area contributed by atoms with Gasteiger partial charge in [-0.05, 0) is 6.42 Å². The first-order valence-electron chi connectivity index (χ1n) is 6.65. The van der Waals surface area contributed by atoms with Crippen molar-refractivity contribution in [1.29, 1.82) is 0 Å². The summed E-state index contributed by atoms with van der Waals surface area (Å²) < 4.78 is 0. The number of thioether (sulfide) groups is 1. The van der Waals surface area contributed by atoms with Crippen molar-refractivity contribution < 1.29 is 0 Å². The Bertz CT molecular complexity index is 397. The van der Waals surface area contributed by atoms with Crippen molar-refractivity contribution in [2.45, 2.75) is 31.9 Å². The molecule has 0 radical (unpaired) electrons. The maximum Gasteiger partial charge on any atom is 0.134 e. The largest absolute Gasteiger partial charge is 0.373 e. The highest BCUT2D eigenvalue weighted by atomic mass is 32.2. The molecular weight excluding hydrogens is 244 g/mol. The zero-order valence-corrected chi connectivity index (χ0v) is 12.3. The summed E-state index contributed by atoms with van der Waals surface area (Å²) in [6.07, 6.45) is 2.03. The maximum absolute atomic E-state index is 4.69. The molecule has 5 heteroatoms. The fourth-order valence-corrected chi connectivity index (χ4v) is 3.15. The van der Waals surface area contributed by atoms with Crippen molar-refractivity contribution in [1.82, 2.24) is 9.97 Å². The molecule has 1 N–H and O–H groups in total. The monoisotopic (exact) mass is 266 g/mol. The molecular formula is C13H22N4S.